The predicted molar refractivity (Wildman–Crippen MR) is 132 cm³/mol. The van der Waals surface area contributed by atoms with E-state index in [0.717, 1.165) is 23.2 Å². The van der Waals surface area contributed by atoms with Crippen molar-refractivity contribution in [1.82, 2.24) is 14.5 Å². The summed E-state index contributed by atoms with van der Waals surface area (Å²) >= 11 is 0. The summed E-state index contributed by atoms with van der Waals surface area (Å²) in [5, 5.41) is 10.1. The number of hydrogen-bond acceptors (Lipinski definition) is 5. The van der Waals surface area contributed by atoms with Crippen LogP contribution in [0.2, 0.25) is 0 Å². The number of hydrogen-bond donors (Lipinski definition) is 1. The highest BCUT2D eigenvalue weighted by atomic mass is 16.4. The molecule has 2 heterocycles. The van der Waals surface area contributed by atoms with Gasteiger partial charge in [0.1, 0.15) is 23.3 Å². The summed E-state index contributed by atoms with van der Waals surface area (Å²) in [6.07, 6.45) is 0. The SMILES string of the molecule is CN(C)Cc1ccc(-c2ccc3oc4c(-c5ccccc5)nc(=O)n(CC(=O)O)c4c3c2)cc1. The molecule has 7 heteroatoms. The third-order valence-electron chi connectivity index (χ3n) is 5.71. The Balaban J connectivity index is 1.74. The Hall–Kier alpha value is -4.23. The van der Waals surface area contributed by atoms with Gasteiger partial charge in [0, 0.05) is 17.5 Å². The van der Waals surface area contributed by atoms with Crippen molar-refractivity contribution in [2.75, 3.05) is 14.1 Å². The van der Waals surface area contributed by atoms with Gasteiger partial charge in [-0.15, -0.1) is 0 Å². The highest BCUT2D eigenvalue weighted by Gasteiger charge is 2.21. The van der Waals surface area contributed by atoms with Crippen molar-refractivity contribution in [1.29, 1.82) is 0 Å². The molecule has 0 bridgehead atoms. The molecule has 0 aliphatic carbocycles. The van der Waals surface area contributed by atoms with E-state index < -0.39 is 18.2 Å². The zero-order valence-corrected chi connectivity index (χ0v) is 18.9. The fourth-order valence-electron chi connectivity index (χ4n) is 4.24. The van der Waals surface area contributed by atoms with Crippen LogP contribution >= 0.6 is 0 Å². The zero-order chi connectivity index (χ0) is 23.8. The molecule has 0 unspecified atom stereocenters. The molecule has 3 aromatic carbocycles. The van der Waals surface area contributed by atoms with Crippen molar-refractivity contribution in [3.05, 3.63) is 88.8 Å². The van der Waals surface area contributed by atoms with Gasteiger partial charge in [0.2, 0.25) is 0 Å². The number of fused-ring (bicyclic) bond motifs is 3. The Bertz CT molecular complexity index is 1570. The third kappa shape index (κ3) is 3.97. The first kappa shape index (κ1) is 21.6. The van der Waals surface area contributed by atoms with Gasteiger partial charge in [0.15, 0.2) is 5.58 Å². The van der Waals surface area contributed by atoms with Crippen molar-refractivity contribution < 1.29 is 14.3 Å². The van der Waals surface area contributed by atoms with E-state index in [4.69, 9.17) is 4.42 Å². The maximum atomic E-state index is 12.9. The summed E-state index contributed by atoms with van der Waals surface area (Å²) in [6.45, 7) is 0.345. The molecule has 1 N–H and O–H groups in total. The number of benzene rings is 3. The molecule has 0 saturated heterocycles. The van der Waals surface area contributed by atoms with E-state index in [-0.39, 0.29) is 0 Å². The first-order valence-corrected chi connectivity index (χ1v) is 10.9. The van der Waals surface area contributed by atoms with Crippen LogP contribution in [0.15, 0.2) is 82.0 Å². The lowest BCUT2D eigenvalue weighted by atomic mass is 10.0. The first-order chi connectivity index (χ1) is 16.4. The van der Waals surface area contributed by atoms with E-state index in [1.54, 1.807) is 0 Å². The standard InChI is InChI=1S/C27H23N3O4/c1-29(2)15-17-8-10-18(11-9-17)20-12-13-22-21(14-20)25-26(34-22)24(19-6-4-3-5-7-19)28-27(33)30(25)16-23(31)32/h3-14H,15-16H2,1-2H3,(H,31,32). The molecule has 2 aromatic heterocycles. The average molecular weight is 453 g/mol. The van der Waals surface area contributed by atoms with E-state index in [0.29, 0.717) is 27.8 Å². The van der Waals surface area contributed by atoms with Gasteiger partial charge in [-0.2, -0.15) is 4.98 Å². The highest BCUT2D eigenvalue weighted by Crippen LogP contribution is 2.35. The summed E-state index contributed by atoms with van der Waals surface area (Å²) in [6, 6.07) is 23.3. The molecule has 34 heavy (non-hydrogen) atoms. The normalized spacial score (nSPS) is 11.5. The smallest absolute Gasteiger partial charge is 0.349 e. The van der Waals surface area contributed by atoms with Gasteiger partial charge in [-0.05, 0) is 42.9 Å². The molecular formula is C27H23N3O4. The van der Waals surface area contributed by atoms with Gasteiger partial charge in [-0.3, -0.25) is 9.36 Å². The Kier molecular flexibility index (Phi) is 5.47. The van der Waals surface area contributed by atoms with Gasteiger partial charge in [-0.25, -0.2) is 4.79 Å². The molecule has 0 saturated carbocycles. The molecule has 0 aliphatic rings. The Morgan fingerprint density at radius 3 is 2.35 bits per heavy atom. The van der Waals surface area contributed by atoms with Gasteiger partial charge < -0.3 is 14.4 Å². The van der Waals surface area contributed by atoms with E-state index >= 15 is 0 Å². The number of rotatable bonds is 6. The van der Waals surface area contributed by atoms with Crippen molar-refractivity contribution in [3.63, 3.8) is 0 Å². The van der Waals surface area contributed by atoms with E-state index in [1.165, 1.54) is 10.1 Å². The van der Waals surface area contributed by atoms with Crippen LogP contribution < -0.4 is 5.69 Å². The van der Waals surface area contributed by atoms with Gasteiger partial charge in [0.25, 0.3) is 0 Å². The molecule has 0 spiro atoms. The van der Waals surface area contributed by atoms with Crippen LogP contribution in [-0.2, 0) is 17.9 Å². The Morgan fingerprint density at radius 2 is 1.68 bits per heavy atom. The maximum Gasteiger partial charge on any atom is 0.349 e. The molecule has 7 nitrogen and oxygen atoms in total. The lowest BCUT2D eigenvalue weighted by Gasteiger charge is -2.10. The fourth-order valence-corrected chi connectivity index (χ4v) is 4.24. The zero-order valence-electron chi connectivity index (χ0n) is 18.9. The molecular weight excluding hydrogens is 430 g/mol. The number of aliphatic carboxylic acids is 1. The minimum Gasteiger partial charge on any atom is -0.480 e. The monoisotopic (exact) mass is 453 g/mol. The summed E-state index contributed by atoms with van der Waals surface area (Å²) < 4.78 is 7.31. The molecule has 0 amide bonds. The van der Waals surface area contributed by atoms with Crippen LogP contribution in [-0.4, -0.2) is 39.6 Å². The topological polar surface area (TPSA) is 88.6 Å². The minimum atomic E-state index is -1.13. The Morgan fingerprint density at radius 1 is 0.971 bits per heavy atom. The number of carbonyl (C=O) groups is 1. The molecule has 0 aliphatic heterocycles. The highest BCUT2D eigenvalue weighted by molar-refractivity contribution is 6.08. The molecule has 0 radical (unpaired) electrons. The van der Waals surface area contributed by atoms with E-state index in [2.05, 4.69) is 34.1 Å². The summed E-state index contributed by atoms with van der Waals surface area (Å²) in [7, 11) is 4.06. The molecule has 170 valence electrons. The number of furan rings is 1. The van der Waals surface area contributed by atoms with Gasteiger partial charge in [-0.1, -0.05) is 60.7 Å². The van der Waals surface area contributed by atoms with Gasteiger partial charge >= 0.3 is 11.7 Å². The van der Waals surface area contributed by atoms with Gasteiger partial charge in [0.05, 0.1) is 0 Å². The number of carboxylic acid groups (broad SMARTS) is 1. The number of nitrogens with zero attached hydrogens (tertiary/aromatic N) is 3. The number of carboxylic acids is 1. The lowest BCUT2D eigenvalue weighted by Crippen LogP contribution is -2.27. The number of aromatic nitrogens is 2. The summed E-state index contributed by atoms with van der Waals surface area (Å²) in [5.74, 6) is -1.13. The average Bonchev–Trinajstić information content (AvgIpc) is 3.20. The first-order valence-electron chi connectivity index (χ1n) is 10.9. The van der Waals surface area contributed by atoms with Crippen LogP contribution in [0.3, 0.4) is 0 Å². The summed E-state index contributed by atoms with van der Waals surface area (Å²) in [4.78, 5) is 30.8. The van der Waals surface area contributed by atoms with Crippen LogP contribution in [0.4, 0.5) is 0 Å². The maximum absolute atomic E-state index is 12.9. The third-order valence-corrected chi connectivity index (χ3v) is 5.71. The van der Waals surface area contributed by atoms with E-state index in [1.807, 2.05) is 62.6 Å². The second-order valence-corrected chi connectivity index (χ2v) is 8.51. The predicted octanol–water partition coefficient (Wildman–Crippen LogP) is 4.62. The fraction of sp³-hybridized carbons (Fsp3) is 0.148. The molecule has 0 fully saturated rings. The second kappa shape index (κ2) is 8.61. The van der Waals surface area contributed by atoms with Crippen molar-refractivity contribution >= 4 is 28.0 Å². The van der Waals surface area contributed by atoms with Crippen molar-refractivity contribution in [2.24, 2.45) is 0 Å². The molecule has 5 rings (SSSR count). The van der Waals surface area contributed by atoms with Crippen molar-refractivity contribution in [3.8, 4) is 22.4 Å². The molecule has 5 aromatic rings. The summed E-state index contributed by atoms with van der Waals surface area (Å²) in [5.41, 5.74) is 5.04. The van der Waals surface area contributed by atoms with Crippen LogP contribution in [0.1, 0.15) is 5.56 Å². The minimum absolute atomic E-state index is 0.389. The van der Waals surface area contributed by atoms with E-state index in [9.17, 15) is 14.7 Å². The second-order valence-electron chi connectivity index (χ2n) is 8.51. The quantitative estimate of drug-likeness (QED) is 0.404. The lowest BCUT2D eigenvalue weighted by molar-refractivity contribution is -0.137. The Labute approximate surface area is 195 Å². The van der Waals surface area contributed by atoms with Crippen LogP contribution in [0.5, 0.6) is 0 Å². The van der Waals surface area contributed by atoms with Crippen LogP contribution in [0.25, 0.3) is 44.5 Å². The van der Waals surface area contributed by atoms with Crippen LogP contribution in [0, 0.1) is 0 Å². The van der Waals surface area contributed by atoms with Crippen molar-refractivity contribution in [2.45, 2.75) is 13.1 Å². The largest absolute Gasteiger partial charge is 0.480 e. The molecule has 0 atom stereocenters.